The maximum absolute atomic E-state index is 13.1. The SMILES string of the molecule is CCN(Cc1ccccc1C)C(=O)C1CCN(c2ccc3nncn3n2)CC1. The Hall–Kier alpha value is -2.96. The molecule has 3 heterocycles. The molecule has 0 N–H and O–H groups in total. The molecule has 7 heteroatoms. The summed E-state index contributed by atoms with van der Waals surface area (Å²) in [5.41, 5.74) is 3.20. The Morgan fingerprint density at radius 2 is 1.96 bits per heavy atom. The standard InChI is InChI=1S/C21H26N6O/c1-3-25(14-18-7-5-4-6-16(18)2)21(28)17-10-12-26(13-11-17)20-9-8-19-23-22-15-27(19)24-20/h4-9,15,17H,3,10-14H2,1-2H3. The van der Waals surface area contributed by atoms with Crippen LogP contribution in [-0.4, -0.2) is 50.3 Å². The Bertz CT molecular complexity index is 960. The van der Waals surface area contributed by atoms with Crippen LogP contribution in [0.15, 0.2) is 42.7 Å². The Morgan fingerprint density at radius 3 is 2.71 bits per heavy atom. The maximum atomic E-state index is 13.1. The van der Waals surface area contributed by atoms with Crippen molar-refractivity contribution < 1.29 is 4.79 Å². The zero-order valence-electron chi connectivity index (χ0n) is 16.5. The number of amides is 1. The molecule has 0 saturated carbocycles. The van der Waals surface area contributed by atoms with Gasteiger partial charge in [-0.2, -0.15) is 4.52 Å². The molecule has 0 radical (unpaired) electrons. The summed E-state index contributed by atoms with van der Waals surface area (Å²) >= 11 is 0. The fraction of sp³-hybridized carbons (Fsp3) is 0.429. The first-order chi connectivity index (χ1) is 13.7. The summed E-state index contributed by atoms with van der Waals surface area (Å²) in [6, 6.07) is 12.2. The lowest BCUT2D eigenvalue weighted by Gasteiger charge is -2.34. The minimum atomic E-state index is 0.0823. The Balaban J connectivity index is 1.39. The summed E-state index contributed by atoms with van der Waals surface area (Å²) in [7, 11) is 0. The van der Waals surface area contributed by atoms with Crippen molar-refractivity contribution in [3.63, 3.8) is 0 Å². The van der Waals surface area contributed by atoms with E-state index in [4.69, 9.17) is 0 Å². The summed E-state index contributed by atoms with van der Waals surface area (Å²) in [5, 5.41) is 12.4. The number of carbonyl (C=O) groups is 1. The van der Waals surface area contributed by atoms with Crippen LogP contribution < -0.4 is 4.90 Å². The number of hydrogen-bond donors (Lipinski definition) is 0. The molecule has 7 nitrogen and oxygen atoms in total. The van der Waals surface area contributed by atoms with Crippen LogP contribution in [0.1, 0.15) is 30.9 Å². The van der Waals surface area contributed by atoms with Crippen molar-refractivity contribution in [3.05, 3.63) is 53.9 Å². The van der Waals surface area contributed by atoms with E-state index in [1.54, 1.807) is 10.8 Å². The van der Waals surface area contributed by atoms with Crippen LogP contribution in [0.2, 0.25) is 0 Å². The van der Waals surface area contributed by atoms with Gasteiger partial charge in [0.2, 0.25) is 5.91 Å². The zero-order valence-corrected chi connectivity index (χ0v) is 16.5. The first-order valence-corrected chi connectivity index (χ1v) is 9.91. The van der Waals surface area contributed by atoms with E-state index in [-0.39, 0.29) is 11.8 Å². The van der Waals surface area contributed by atoms with Gasteiger partial charge in [-0.15, -0.1) is 15.3 Å². The molecule has 1 fully saturated rings. The second kappa shape index (κ2) is 7.96. The number of nitrogens with zero attached hydrogens (tertiary/aromatic N) is 6. The summed E-state index contributed by atoms with van der Waals surface area (Å²) in [6.45, 7) is 7.25. The number of rotatable bonds is 5. The fourth-order valence-corrected chi connectivity index (χ4v) is 3.84. The van der Waals surface area contributed by atoms with Gasteiger partial charge in [0.15, 0.2) is 5.65 Å². The van der Waals surface area contributed by atoms with Crippen molar-refractivity contribution >= 4 is 17.4 Å². The highest BCUT2D eigenvalue weighted by Gasteiger charge is 2.29. The van der Waals surface area contributed by atoms with E-state index in [1.807, 2.05) is 29.2 Å². The molecular formula is C21H26N6O. The highest BCUT2D eigenvalue weighted by Crippen LogP contribution is 2.24. The van der Waals surface area contributed by atoms with Gasteiger partial charge in [0.1, 0.15) is 12.1 Å². The Kier molecular flexibility index (Phi) is 5.23. The van der Waals surface area contributed by atoms with E-state index in [0.29, 0.717) is 6.54 Å². The molecule has 0 spiro atoms. The maximum Gasteiger partial charge on any atom is 0.226 e. The fourth-order valence-electron chi connectivity index (χ4n) is 3.84. The van der Waals surface area contributed by atoms with Crippen LogP contribution in [0.25, 0.3) is 5.65 Å². The average Bonchev–Trinajstić information content (AvgIpc) is 3.21. The van der Waals surface area contributed by atoms with Crippen molar-refractivity contribution in [2.45, 2.75) is 33.2 Å². The first kappa shape index (κ1) is 18.4. The van der Waals surface area contributed by atoms with Gasteiger partial charge in [0.25, 0.3) is 0 Å². The molecule has 1 amide bonds. The van der Waals surface area contributed by atoms with E-state index in [0.717, 1.165) is 43.9 Å². The highest BCUT2D eigenvalue weighted by molar-refractivity contribution is 5.79. The second-order valence-electron chi connectivity index (χ2n) is 7.37. The minimum Gasteiger partial charge on any atom is -0.355 e. The Morgan fingerprint density at radius 1 is 1.18 bits per heavy atom. The lowest BCUT2D eigenvalue weighted by Crippen LogP contribution is -2.42. The number of anilines is 1. The molecule has 4 rings (SSSR count). The number of hydrogen-bond acceptors (Lipinski definition) is 5. The van der Waals surface area contributed by atoms with E-state index >= 15 is 0 Å². The van der Waals surface area contributed by atoms with Gasteiger partial charge in [-0.3, -0.25) is 4.79 Å². The monoisotopic (exact) mass is 378 g/mol. The van der Waals surface area contributed by atoms with Crippen LogP contribution in [0.4, 0.5) is 5.82 Å². The number of fused-ring (bicyclic) bond motifs is 1. The van der Waals surface area contributed by atoms with E-state index in [2.05, 4.69) is 46.2 Å². The third-order valence-electron chi connectivity index (χ3n) is 5.63. The quantitative estimate of drug-likeness (QED) is 0.683. The van der Waals surface area contributed by atoms with Gasteiger partial charge >= 0.3 is 0 Å². The summed E-state index contributed by atoms with van der Waals surface area (Å²) in [6.07, 6.45) is 3.32. The summed E-state index contributed by atoms with van der Waals surface area (Å²) in [5.74, 6) is 1.26. The van der Waals surface area contributed by atoms with E-state index < -0.39 is 0 Å². The number of aryl methyl sites for hydroxylation is 1. The van der Waals surface area contributed by atoms with Gasteiger partial charge in [-0.05, 0) is 49.9 Å². The molecule has 0 atom stereocenters. The lowest BCUT2D eigenvalue weighted by molar-refractivity contribution is -0.136. The van der Waals surface area contributed by atoms with Crippen molar-refractivity contribution in [2.24, 2.45) is 5.92 Å². The molecule has 0 unspecified atom stereocenters. The molecule has 146 valence electrons. The van der Waals surface area contributed by atoms with Gasteiger partial charge in [0.05, 0.1) is 0 Å². The summed E-state index contributed by atoms with van der Waals surface area (Å²) in [4.78, 5) is 17.3. The molecule has 0 bridgehead atoms. The Labute approximate surface area is 165 Å². The predicted molar refractivity (Wildman–Crippen MR) is 108 cm³/mol. The number of aromatic nitrogens is 4. The lowest BCUT2D eigenvalue weighted by atomic mass is 9.94. The van der Waals surface area contributed by atoms with Crippen LogP contribution in [0.3, 0.4) is 0 Å². The van der Waals surface area contributed by atoms with Gasteiger partial charge in [0, 0.05) is 32.1 Å². The van der Waals surface area contributed by atoms with Crippen LogP contribution in [0.5, 0.6) is 0 Å². The van der Waals surface area contributed by atoms with E-state index in [1.165, 1.54) is 11.1 Å². The van der Waals surface area contributed by atoms with Gasteiger partial charge < -0.3 is 9.80 Å². The van der Waals surface area contributed by atoms with Crippen molar-refractivity contribution in [1.82, 2.24) is 24.7 Å². The normalized spacial score (nSPS) is 15.1. The van der Waals surface area contributed by atoms with Crippen molar-refractivity contribution in [3.8, 4) is 0 Å². The third kappa shape index (κ3) is 3.69. The van der Waals surface area contributed by atoms with Gasteiger partial charge in [-0.25, -0.2) is 0 Å². The van der Waals surface area contributed by atoms with Gasteiger partial charge in [-0.1, -0.05) is 24.3 Å². The molecule has 1 saturated heterocycles. The van der Waals surface area contributed by atoms with Crippen molar-refractivity contribution in [1.29, 1.82) is 0 Å². The predicted octanol–water partition coefficient (Wildman–Crippen LogP) is 2.70. The molecule has 28 heavy (non-hydrogen) atoms. The summed E-state index contributed by atoms with van der Waals surface area (Å²) < 4.78 is 1.69. The zero-order chi connectivity index (χ0) is 19.5. The topological polar surface area (TPSA) is 66.6 Å². The number of piperidine rings is 1. The molecule has 3 aromatic rings. The van der Waals surface area contributed by atoms with Crippen molar-refractivity contribution in [2.75, 3.05) is 24.5 Å². The third-order valence-corrected chi connectivity index (χ3v) is 5.63. The molecular weight excluding hydrogens is 352 g/mol. The average molecular weight is 378 g/mol. The van der Waals surface area contributed by atoms with Crippen LogP contribution in [-0.2, 0) is 11.3 Å². The first-order valence-electron chi connectivity index (χ1n) is 9.91. The number of carbonyl (C=O) groups excluding carboxylic acids is 1. The molecule has 0 aliphatic carbocycles. The second-order valence-corrected chi connectivity index (χ2v) is 7.37. The van der Waals surface area contributed by atoms with E-state index in [9.17, 15) is 4.79 Å². The smallest absolute Gasteiger partial charge is 0.226 e. The molecule has 2 aromatic heterocycles. The molecule has 1 aliphatic heterocycles. The highest BCUT2D eigenvalue weighted by atomic mass is 16.2. The minimum absolute atomic E-state index is 0.0823. The largest absolute Gasteiger partial charge is 0.355 e. The van der Waals surface area contributed by atoms with Crippen LogP contribution >= 0.6 is 0 Å². The molecule has 1 aliphatic rings. The van der Waals surface area contributed by atoms with Crippen LogP contribution in [0, 0.1) is 12.8 Å². The number of benzene rings is 1. The molecule has 1 aromatic carbocycles.